The lowest BCUT2D eigenvalue weighted by molar-refractivity contribution is -0.123. The fourth-order valence-electron chi connectivity index (χ4n) is 3.34. The zero-order valence-electron chi connectivity index (χ0n) is 18.9. The Kier molecular flexibility index (Phi) is 8.26. The van der Waals surface area contributed by atoms with Gasteiger partial charge in [-0.25, -0.2) is 0 Å². The molecular weight excluding hydrogens is 543 g/mol. The molecule has 1 saturated heterocycles. The van der Waals surface area contributed by atoms with Crippen molar-refractivity contribution < 1.29 is 19.1 Å². The normalized spacial score (nSPS) is 14.4. The zero-order chi connectivity index (χ0) is 25.8. The fourth-order valence-corrected chi connectivity index (χ4v) is 4.82. The highest BCUT2D eigenvalue weighted by molar-refractivity contribution is 8.18. The summed E-state index contributed by atoms with van der Waals surface area (Å²) in [5, 5.41) is 3.70. The molecule has 0 saturated carbocycles. The van der Waals surface area contributed by atoms with E-state index < -0.39 is 11.1 Å². The first-order valence-electron chi connectivity index (χ1n) is 10.7. The number of rotatable bonds is 7. The average Bonchev–Trinajstić information content (AvgIpc) is 3.10. The van der Waals surface area contributed by atoms with Gasteiger partial charge in [0.05, 0.1) is 11.4 Å². The Bertz CT molecular complexity index is 1390. The third-order valence-electron chi connectivity index (χ3n) is 5.24. The van der Waals surface area contributed by atoms with Crippen LogP contribution < -0.4 is 10.1 Å². The molecule has 0 bridgehead atoms. The van der Waals surface area contributed by atoms with Crippen molar-refractivity contribution in [3.63, 3.8) is 0 Å². The number of carbonyl (C=O) groups excluding carboxylic acids is 3. The average molecular weight is 562 g/mol. The number of anilines is 1. The molecule has 184 valence electrons. The summed E-state index contributed by atoms with van der Waals surface area (Å²) < 4.78 is 5.71. The highest BCUT2D eigenvalue weighted by atomic mass is 35.5. The number of halogens is 3. The van der Waals surface area contributed by atoms with Crippen LogP contribution in [0.25, 0.3) is 6.08 Å². The minimum Gasteiger partial charge on any atom is -0.483 e. The number of thioether (sulfide) groups is 1. The van der Waals surface area contributed by atoms with Crippen LogP contribution in [-0.4, -0.2) is 28.6 Å². The van der Waals surface area contributed by atoms with E-state index in [1.54, 1.807) is 60.7 Å². The number of amides is 3. The molecule has 0 atom stereocenters. The van der Waals surface area contributed by atoms with Crippen molar-refractivity contribution >= 4 is 75.4 Å². The molecule has 0 aliphatic carbocycles. The lowest BCUT2D eigenvalue weighted by Gasteiger charge is -2.14. The number of ether oxygens (including phenoxy) is 1. The van der Waals surface area contributed by atoms with Crippen LogP contribution >= 0.6 is 46.6 Å². The van der Waals surface area contributed by atoms with Crippen molar-refractivity contribution in [3.8, 4) is 5.75 Å². The van der Waals surface area contributed by atoms with Crippen LogP contribution in [0, 0.1) is 6.92 Å². The maximum absolute atomic E-state index is 13.0. The van der Waals surface area contributed by atoms with Gasteiger partial charge in [0, 0.05) is 26.3 Å². The van der Waals surface area contributed by atoms with Gasteiger partial charge in [-0.1, -0.05) is 65.1 Å². The van der Waals surface area contributed by atoms with E-state index in [9.17, 15) is 14.4 Å². The van der Waals surface area contributed by atoms with Crippen molar-refractivity contribution in [2.75, 3.05) is 11.9 Å². The minimum absolute atomic E-state index is 0.0271. The highest BCUT2D eigenvalue weighted by Crippen LogP contribution is 2.36. The molecule has 0 unspecified atom stereocenters. The maximum atomic E-state index is 13.0. The van der Waals surface area contributed by atoms with Crippen LogP contribution in [0.5, 0.6) is 5.75 Å². The minimum atomic E-state index is -0.445. The molecule has 10 heteroatoms. The fraction of sp³-hybridized carbons (Fsp3) is 0.115. The Morgan fingerprint density at radius 2 is 1.81 bits per heavy atom. The molecule has 3 amide bonds. The van der Waals surface area contributed by atoms with E-state index in [2.05, 4.69) is 5.32 Å². The number of nitrogens with zero attached hydrogens (tertiary/aromatic N) is 1. The van der Waals surface area contributed by atoms with Crippen molar-refractivity contribution in [3.05, 3.63) is 97.3 Å². The molecule has 1 fully saturated rings. The quantitative estimate of drug-likeness (QED) is 0.309. The summed E-state index contributed by atoms with van der Waals surface area (Å²) in [7, 11) is 0. The molecule has 3 aromatic carbocycles. The van der Waals surface area contributed by atoms with Crippen molar-refractivity contribution in [2.45, 2.75) is 13.5 Å². The molecule has 36 heavy (non-hydrogen) atoms. The van der Waals surface area contributed by atoms with Crippen molar-refractivity contribution in [2.24, 2.45) is 0 Å². The number of carbonyl (C=O) groups is 3. The summed E-state index contributed by atoms with van der Waals surface area (Å²) in [5.41, 5.74) is 2.62. The number of hydrogen-bond donors (Lipinski definition) is 1. The number of hydrogen-bond acceptors (Lipinski definition) is 5. The first-order chi connectivity index (χ1) is 17.2. The molecule has 6 nitrogen and oxygen atoms in total. The molecule has 0 spiro atoms. The summed E-state index contributed by atoms with van der Waals surface area (Å²) in [6, 6.07) is 17.0. The monoisotopic (exact) mass is 560 g/mol. The molecule has 1 aliphatic rings. The summed E-state index contributed by atoms with van der Waals surface area (Å²) in [6.07, 6.45) is 1.57. The van der Waals surface area contributed by atoms with Crippen LogP contribution in [0.4, 0.5) is 10.5 Å². The van der Waals surface area contributed by atoms with Crippen LogP contribution in [0.3, 0.4) is 0 Å². The number of benzene rings is 3. The molecule has 0 radical (unpaired) electrons. The number of nitrogens with one attached hydrogen (secondary N) is 1. The van der Waals surface area contributed by atoms with E-state index in [0.29, 0.717) is 37.6 Å². The Balaban J connectivity index is 1.45. The first-order valence-corrected chi connectivity index (χ1v) is 12.6. The predicted molar refractivity (Wildman–Crippen MR) is 145 cm³/mol. The van der Waals surface area contributed by atoms with Gasteiger partial charge in [-0.15, -0.1) is 0 Å². The molecule has 1 N–H and O–H groups in total. The van der Waals surface area contributed by atoms with E-state index in [1.807, 2.05) is 13.0 Å². The van der Waals surface area contributed by atoms with E-state index in [1.165, 1.54) is 0 Å². The first kappa shape index (κ1) is 26.1. The largest absolute Gasteiger partial charge is 0.483 e. The van der Waals surface area contributed by atoms with E-state index in [4.69, 9.17) is 39.5 Å². The molecule has 1 aliphatic heterocycles. The summed E-state index contributed by atoms with van der Waals surface area (Å²) in [6.45, 7) is 1.64. The van der Waals surface area contributed by atoms with Gasteiger partial charge in [-0.3, -0.25) is 19.3 Å². The second-order valence-corrected chi connectivity index (χ2v) is 10.1. The van der Waals surface area contributed by atoms with Crippen molar-refractivity contribution in [1.29, 1.82) is 0 Å². The third-order valence-corrected chi connectivity index (χ3v) is 7.14. The van der Waals surface area contributed by atoms with Gasteiger partial charge in [0.25, 0.3) is 17.1 Å². The Morgan fingerprint density at radius 1 is 1.03 bits per heavy atom. The standard InChI is InChI=1S/C26H19Cl3N2O4S/c1-15-6-9-19(12-20(15)28)30-24(32)14-35-22-5-3-2-4-16(22)10-23-25(33)31(26(34)36-23)13-17-7-8-18(27)11-21(17)29/h2-12H,13-14H2,1H3,(H,30,32)/b23-10-. The summed E-state index contributed by atoms with van der Waals surface area (Å²) >= 11 is 19.1. The van der Waals surface area contributed by atoms with Crippen LogP contribution in [-0.2, 0) is 16.1 Å². The summed E-state index contributed by atoms with van der Waals surface area (Å²) in [4.78, 5) is 39.2. The second kappa shape index (κ2) is 11.4. The maximum Gasteiger partial charge on any atom is 0.293 e. The van der Waals surface area contributed by atoms with Crippen LogP contribution in [0.15, 0.2) is 65.6 Å². The van der Waals surface area contributed by atoms with Gasteiger partial charge in [-0.05, 0) is 66.2 Å². The van der Waals surface area contributed by atoms with E-state index in [0.717, 1.165) is 22.2 Å². The molecule has 4 rings (SSSR count). The van der Waals surface area contributed by atoms with Gasteiger partial charge < -0.3 is 10.1 Å². The topological polar surface area (TPSA) is 75.7 Å². The van der Waals surface area contributed by atoms with Crippen LogP contribution in [0.2, 0.25) is 15.1 Å². The Hall–Kier alpha value is -2.97. The molecular formula is C26H19Cl3N2O4S. The molecule has 3 aromatic rings. The molecule has 1 heterocycles. The van der Waals surface area contributed by atoms with Gasteiger partial charge in [0.1, 0.15) is 5.75 Å². The SMILES string of the molecule is Cc1ccc(NC(=O)COc2ccccc2/C=C2\SC(=O)N(Cc3ccc(Cl)cc3Cl)C2=O)cc1Cl. The number of aryl methyl sites for hydroxylation is 1. The third kappa shape index (κ3) is 6.23. The van der Waals surface area contributed by atoms with Gasteiger partial charge >= 0.3 is 0 Å². The summed E-state index contributed by atoms with van der Waals surface area (Å²) in [5.74, 6) is -0.424. The molecule has 0 aromatic heterocycles. The van der Waals surface area contributed by atoms with E-state index >= 15 is 0 Å². The smallest absolute Gasteiger partial charge is 0.293 e. The van der Waals surface area contributed by atoms with Gasteiger partial charge in [0.2, 0.25) is 0 Å². The number of para-hydroxylation sites is 1. The lowest BCUT2D eigenvalue weighted by atomic mass is 10.1. The second-order valence-electron chi connectivity index (χ2n) is 7.84. The van der Waals surface area contributed by atoms with Crippen LogP contribution in [0.1, 0.15) is 16.7 Å². The Morgan fingerprint density at radius 3 is 2.56 bits per heavy atom. The Labute approximate surface area is 227 Å². The number of imide groups is 1. The van der Waals surface area contributed by atoms with Gasteiger partial charge in [-0.2, -0.15) is 0 Å². The van der Waals surface area contributed by atoms with Crippen molar-refractivity contribution in [1.82, 2.24) is 4.90 Å². The predicted octanol–water partition coefficient (Wildman–Crippen LogP) is 7.21. The lowest BCUT2D eigenvalue weighted by Crippen LogP contribution is -2.27. The van der Waals surface area contributed by atoms with E-state index in [-0.39, 0.29) is 24.0 Å². The zero-order valence-corrected chi connectivity index (χ0v) is 22.0. The van der Waals surface area contributed by atoms with Gasteiger partial charge in [0.15, 0.2) is 6.61 Å². The highest BCUT2D eigenvalue weighted by Gasteiger charge is 2.35.